The van der Waals surface area contributed by atoms with Crippen LogP contribution in [-0.2, 0) is 9.47 Å². The van der Waals surface area contributed by atoms with Crippen molar-refractivity contribution in [3.63, 3.8) is 0 Å². The molecule has 0 aromatic heterocycles. The molecule has 0 spiro atoms. The van der Waals surface area contributed by atoms with Crippen molar-refractivity contribution in [2.75, 3.05) is 20.3 Å². The standard InChI is InChI=1S/C11H22O2/c1-4-5-6-7-8-11(2)13-10-9-12-3/h2,4-10H2,1,3H3. The average molecular weight is 186 g/mol. The minimum Gasteiger partial charge on any atom is -0.496 e. The van der Waals surface area contributed by atoms with Crippen molar-refractivity contribution in [3.05, 3.63) is 12.3 Å². The van der Waals surface area contributed by atoms with Gasteiger partial charge in [-0.1, -0.05) is 32.8 Å². The van der Waals surface area contributed by atoms with Crippen LogP contribution in [-0.4, -0.2) is 20.3 Å². The van der Waals surface area contributed by atoms with Gasteiger partial charge in [0.1, 0.15) is 6.61 Å². The molecule has 2 heteroatoms. The Morgan fingerprint density at radius 2 is 1.92 bits per heavy atom. The molecule has 0 saturated carbocycles. The van der Waals surface area contributed by atoms with Crippen LogP contribution in [0.1, 0.15) is 39.0 Å². The van der Waals surface area contributed by atoms with Gasteiger partial charge in [-0.05, 0) is 6.42 Å². The molecular formula is C11H22O2. The molecule has 13 heavy (non-hydrogen) atoms. The number of allylic oxidation sites excluding steroid dienone is 1. The third-order valence-corrected chi connectivity index (χ3v) is 1.90. The molecule has 78 valence electrons. The van der Waals surface area contributed by atoms with Gasteiger partial charge in [0.05, 0.1) is 12.4 Å². The molecule has 0 fully saturated rings. The SMILES string of the molecule is C=C(CCCCCC)OCCOC. The molecule has 0 aromatic rings. The van der Waals surface area contributed by atoms with E-state index < -0.39 is 0 Å². The highest BCUT2D eigenvalue weighted by molar-refractivity contribution is 4.81. The van der Waals surface area contributed by atoms with E-state index in [1.165, 1.54) is 25.7 Å². The normalized spacial score (nSPS) is 10.0. The Morgan fingerprint density at radius 3 is 2.54 bits per heavy atom. The Bertz CT molecular complexity index is 121. The van der Waals surface area contributed by atoms with E-state index in [-0.39, 0.29) is 0 Å². The van der Waals surface area contributed by atoms with Crippen molar-refractivity contribution in [2.24, 2.45) is 0 Å². The molecule has 0 aliphatic rings. The third kappa shape index (κ3) is 9.41. The molecule has 0 aliphatic heterocycles. The fourth-order valence-corrected chi connectivity index (χ4v) is 1.09. The van der Waals surface area contributed by atoms with Crippen molar-refractivity contribution < 1.29 is 9.47 Å². The maximum absolute atomic E-state index is 5.34. The van der Waals surface area contributed by atoms with E-state index in [9.17, 15) is 0 Å². The summed E-state index contributed by atoms with van der Waals surface area (Å²) in [5, 5.41) is 0. The fourth-order valence-electron chi connectivity index (χ4n) is 1.09. The molecular weight excluding hydrogens is 164 g/mol. The molecule has 0 aliphatic carbocycles. The number of hydrogen-bond acceptors (Lipinski definition) is 2. The molecule has 0 aromatic carbocycles. The Kier molecular flexibility index (Phi) is 9.22. The van der Waals surface area contributed by atoms with E-state index in [4.69, 9.17) is 9.47 Å². The lowest BCUT2D eigenvalue weighted by atomic mass is 10.1. The van der Waals surface area contributed by atoms with Gasteiger partial charge in [0.2, 0.25) is 0 Å². The first-order chi connectivity index (χ1) is 6.31. The van der Waals surface area contributed by atoms with Gasteiger partial charge in [-0.3, -0.25) is 0 Å². The molecule has 0 unspecified atom stereocenters. The second-order valence-corrected chi connectivity index (χ2v) is 3.19. The second-order valence-electron chi connectivity index (χ2n) is 3.19. The van der Waals surface area contributed by atoms with E-state index >= 15 is 0 Å². The minimum absolute atomic E-state index is 0.628. The van der Waals surface area contributed by atoms with Gasteiger partial charge in [-0.2, -0.15) is 0 Å². The minimum atomic E-state index is 0.628. The molecule has 0 N–H and O–H groups in total. The molecule has 0 heterocycles. The van der Waals surface area contributed by atoms with Crippen molar-refractivity contribution in [1.29, 1.82) is 0 Å². The van der Waals surface area contributed by atoms with Crippen LogP contribution in [0.15, 0.2) is 12.3 Å². The molecule has 0 bridgehead atoms. The van der Waals surface area contributed by atoms with Crippen LogP contribution in [0.25, 0.3) is 0 Å². The zero-order valence-corrected chi connectivity index (χ0v) is 8.97. The van der Waals surface area contributed by atoms with Gasteiger partial charge in [-0.25, -0.2) is 0 Å². The molecule has 0 rings (SSSR count). The Balaban J connectivity index is 3.11. The topological polar surface area (TPSA) is 18.5 Å². The van der Waals surface area contributed by atoms with Crippen molar-refractivity contribution >= 4 is 0 Å². The Labute approximate surface area is 81.9 Å². The van der Waals surface area contributed by atoms with Crippen LogP contribution in [0.2, 0.25) is 0 Å². The summed E-state index contributed by atoms with van der Waals surface area (Å²) in [6.07, 6.45) is 6.05. The predicted molar refractivity (Wildman–Crippen MR) is 55.7 cm³/mol. The van der Waals surface area contributed by atoms with Crippen molar-refractivity contribution in [2.45, 2.75) is 39.0 Å². The van der Waals surface area contributed by atoms with Crippen molar-refractivity contribution in [1.82, 2.24) is 0 Å². The van der Waals surface area contributed by atoms with Crippen LogP contribution >= 0.6 is 0 Å². The number of hydrogen-bond donors (Lipinski definition) is 0. The Hall–Kier alpha value is -0.500. The van der Waals surface area contributed by atoms with E-state index in [1.54, 1.807) is 7.11 Å². The first-order valence-electron chi connectivity index (χ1n) is 5.10. The zero-order valence-electron chi connectivity index (χ0n) is 8.97. The molecule has 0 radical (unpaired) electrons. The van der Waals surface area contributed by atoms with Crippen molar-refractivity contribution in [3.8, 4) is 0 Å². The van der Waals surface area contributed by atoms with Gasteiger partial charge in [-0.15, -0.1) is 0 Å². The largest absolute Gasteiger partial charge is 0.496 e. The molecule has 0 amide bonds. The van der Waals surface area contributed by atoms with E-state index in [2.05, 4.69) is 13.5 Å². The van der Waals surface area contributed by atoms with Gasteiger partial charge in [0, 0.05) is 13.5 Å². The van der Waals surface area contributed by atoms with Gasteiger partial charge in [0.15, 0.2) is 0 Å². The first-order valence-corrected chi connectivity index (χ1v) is 5.10. The predicted octanol–water partition coefficient (Wildman–Crippen LogP) is 3.13. The smallest absolute Gasteiger partial charge is 0.111 e. The number of methoxy groups -OCH3 is 1. The summed E-state index contributed by atoms with van der Waals surface area (Å²) in [5.41, 5.74) is 0. The van der Waals surface area contributed by atoms with Crippen LogP contribution in [0.3, 0.4) is 0 Å². The van der Waals surface area contributed by atoms with Crippen LogP contribution in [0.5, 0.6) is 0 Å². The highest BCUT2D eigenvalue weighted by atomic mass is 16.5. The molecule has 0 atom stereocenters. The lowest BCUT2D eigenvalue weighted by Crippen LogP contribution is -2.01. The first kappa shape index (κ1) is 12.5. The summed E-state index contributed by atoms with van der Waals surface area (Å²) >= 11 is 0. The average Bonchev–Trinajstić information content (AvgIpc) is 2.13. The molecule has 2 nitrogen and oxygen atoms in total. The summed E-state index contributed by atoms with van der Waals surface area (Å²) in [6, 6.07) is 0. The van der Waals surface area contributed by atoms with Crippen LogP contribution in [0.4, 0.5) is 0 Å². The number of rotatable bonds is 9. The summed E-state index contributed by atoms with van der Waals surface area (Å²) in [4.78, 5) is 0. The van der Waals surface area contributed by atoms with Crippen LogP contribution in [0, 0.1) is 0 Å². The lowest BCUT2D eigenvalue weighted by molar-refractivity contribution is 0.106. The lowest BCUT2D eigenvalue weighted by Gasteiger charge is -2.07. The summed E-state index contributed by atoms with van der Waals surface area (Å²) in [5.74, 6) is 0.896. The summed E-state index contributed by atoms with van der Waals surface area (Å²) in [6.45, 7) is 7.33. The maximum atomic E-state index is 5.34. The van der Waals surface area contributed by atoms with E-state index in [1.807, 2.05) is 0 Å². The Morgan fingerprint density at radius 1 is 1.15 bits per heavy atom. The number of ether oxygens (including phenoxy) is 2. The molecule has 0 saturated heterocycles. The van der Waals surface area contributed by atoms with Gasteiger partial charge < -0.3 is 9.47 Å². The third-order valence-electron chi connectivity index (χ3n) is 1.90. The van der Waals surface area contributed by atoms with Gasteiger partial charge in [0.25, 0.3) is 0 Å². The highest BCUT2D eigenvalue weighted by Gasteiger charge is 1.94. The van der Waals surface area contributed by atoms with E-state index in [0.29, 0.717) is 13.2 Å². The summed E-state index contributed by atoms with van der Waals surface area (Å²) in [7, 11) is 1.67. The monoisotopic (exact) mass is 186 g/mol. The van der Waals surface area contributed by atoms with Gasteiger partial charge >= 0.3 is 0 Å². The van der Waals surface area contributed by atoms with E-state index in [0.717, 1.165) is 12.2 Å². The van der Waals surface area contributed by atoms with Crippen LogP contribution < -0.4 is 0 Å². The second kappa shape index (κ2) is 9.59. The summed E-state index contributed by atoms with van der Waals surface area (Å²) < 4.78 is 10.2. The highest BCUT2D eigenvalue weighted by Crippen LogP contribution is 2.09. The maximum Gasteiger partial charge on any atom is 0.111 e. The number of unbranched alkanes of at least 4 members (excludes halogenated alkanes) is 3. The quantitative estimate of drug-likeness (QED) is 0.407. The zero-order chi connectivity index (χ0) is 9.94. The fraction of sp³-hybridized carbons (Fsp3) is 0.818.